The van der Waals surface area contributed by atoms with E-state index in [4.69, 9.17) is 0 Å². The van der Waals surface area contributed by atoms with E-state index >= 15 is 0 Å². The lowest BCUT2D eigenvalue weighted by atomic mass is 9.99. The first-order valence-electron chi connectivity index (χ1n) is 8.17. The molecule has 124 valence electrons. The number of imidazole rings is 1. The van der Waals surface area contributed by atoms with Gasteiger partial charge in [-0.05, 0) is 49.8 Å². The molecule has 1 fully saturated rings. The maximum absolute atomic E-state index is 12.3. The molecule has 2 heterocycles. The van der Waals surface area contributed by atoms with Crippen molar-refractivity contribution in [3.05, 3.63) is 29.1 Å². The molecule has 1 aromatic carbocycles. The van der Waals surface area contributed by atoms with E-state index in [0.29, 0.717) is 13.1 Å². The number of nitrogens with zero attached hydrogens (tertiary/aromatic N) is 2. The molecular weight excluding hydrogens is 292 g/mol. The lowest BCUT2D eigenvalue weighted by Crippen LogP contribution is -2.46. The molecule has 1 atom stereocenters. The van der Waals surface area contributed by atoms with Gasteiger partial charge in [-0.25, -0.2) is 9.78 Å². The second-order valence-corrected chi connectivity index (χ2v) is 6.38. The van der Waals surface area contributed by atoms with Gasteiger partial charge in [0.1, 0.15) is 5.82 Å². The number of hydrogen-bond donors (Lipinski definition) is 3. The van der Waals surface area contributed by atoms with E-state index in [1.54, 1.807) is 4.90 Å². The van der Waals surface area contributed by atoms with Crippen LogP contribution in [0.4, 0.5) is 4.79 Å². The summed E-state index contributed by atoms with van der Waals surface area (Å²) in [5, 5.41) is 12.2. The van der Waals surface area contributed by atoms with Crippen LogP contribution in [0, 0.1) is 19.8 Å². The van der Waals surface area contributed by atoms with Crippen molar-refractivity contribution >= 4 is 17.1 Å². The number of aromatic nitrogens is 2. The summed E-state index contributed by atoms with van der Waals surface area (Å²) in [6.45, 7) is 6.03. The first kappa shape index (κ1) is 15.8. The number of urea groups is 1. The number of aryl methyl sites for hydroxylation is 2. The van der Waals surface area contributed by atoms with Gasteiger partial charge in [-0.15, -0.1) is 0 Å². The molecule has 0 unspecified atom stereocenters. The zero-order chi connectivity index (χ0) is 16.4. The number of carbonyl (C=O) groups excluding carboxylic acids is 1. The fourth-order valence-electron chi connectivity index (χ4n) is 3.12. The highest BCUT2D eigenvalue weighted by molar-refractivity contribution is 5.80. The molecule has 6 nitrogen and oxygen atoms in total. The zero-order valence-corrected chi connectivity index (χ0v) is 13.7. The fraction of sp³-hybridized carbons (Fsp3) is 0.529. The summed E-state index contributed by atoms with van der Waals surface area (Å²) >= 11 is 0. The van der Waals surface area contributed by atoms with E-state index in [1.807, 2.05) is 6.07 Å². The Morgan fingerprint density at radius 3 is 3.09 bits per heavy atom. The SMILES string of the molecule is Cc1ccc2[nH]c(CNC(=O)N3CCC[C@H](CO)C3)nc2c1C. The van der Waals surface area contributed by atoms with Crippen molar-refractivity contribution in [3.8, 4) is 0 Å². The number of amides is 2. The van der Waals surface area contributed by atoms with Gasteiger partial charge in [-0.3, -0.25) is 0 Å². The van der Waals surface area contributed by atoms with Crippen LogP contribution < -0.4 is 5.32 Å². The number of aliphatic hydroxyl groups excluding tert-OH is 1. The molecule has 0 aliphatic carbocycles. The summed E-state index contributed by atoms with van der Waals surface area (Å²) in [7, 11) is 0. The molecule has 0 saturated carbocycles. The molecule has 23 heavy (non-hydrogen) atoms. The number of H-pyrrole nitrogens is 1. The van der Waals surface area contributed by atoms with Gasteiger partial charge < -0.3 is 20.3 Å². The Kier molecular flexibility index (Phi) is 4.52. The van der Waals surface area contributed by atoms with Gasteiger partial charge in [0.15, 0.2) is 0 Å². The van der Waals surface area contributed by atoms with Gasteiger partial charge in [-0.2, -0.15) is 0 Å². The highest BCUT2D eigenvalue weighted by Gasteiger charge is 2.23. The molecule has 2 aromatic rings. The third kappa shape index (κ3) is 3.32. The van der Waals surface area contributed by atoms with Crippen molar-refractivity contribution in [3.63, 3.8) is 0 Å². The Labute approximate surface area is 135 Å². The van der Waals surface area contributed by atoms with Gasteiger partial charge in [0, 0.05) is 19.7 Å². The van der Waals surface area contributed by atoms with Crippen LogP contribution in [0.1, 0.15) is 29.8 Å². The van der Waals surface area contributed by atoms with Crippen molar-refractivity contribution in [2.24, 2.45) is 5.92 Å². The predicted octanol–water partition coefficient (Wildman–Crippen LogP) is 2.09. The second kappa shape index (κ2) is 6.58. The van der Waals surface area contributed by atoms with Crippen molar-refractivity contribution < 1.29 is 9.90 Å². The number of nitrogens with one attached hydrogen (secondary N) is 2. The van der Waals surface area contributed by atoms with E-state index in [0.717, 1.165) is 41.8 Å². The number of carbonyl (C=O) groups is 1. The van der Waals surface area contributed by atoms with Crippen molar-refractivity contribution in [1.82, 2.24) is 20.2 Å². The molecule has 0 spiro atoms. The average Bonchev–Trinajstić information content (AvgIpc) is 3.00. The number of likely N-dealkylation sites (tertiary alicyclic amines) is 1. The first-order chi connectivity index (χ1) is 11.1. The van der Waals surface area contributed by atoms with Crippen LogP contribution in [0.15, 0.2) is 12.1 Å². The molecule has 6 heteroatoms. The maximum atomic E-state index is 12.3. The largest absolute Gasteiger partial charge is 0.396 e. The van der Waals surface area contributed by atoms with Crippen LogP contribution in [-0.4, -0.2) is 45.7 Å². The highest BCUT2D eigenvalue weighted by Crippen LogP contribution is 2.19. The normalized spacial score (nSPS) is 18.4. The summed E-state index contributed by atoms with van der Waals surface area (Å²) < 4.78 is 0. The minimum Gasteiger partial charge on any atom is -0.396 e. The first-order valence-corrected chi connectivity index (χ1v) is 8.17. The van der Waals surface area contributed by atoms with Crippen molar-refractivity contribution in [2.45, 2.75) is 33.2 Å². The minimum atomic E-state index is -0.0866. The predicted molar refractivity (Wildman–Crippen MR) is 89.2 cm³/mol. The molecule has 1 saturated heterocycles. The van der Waals surface area contributed by atoms with Gasteiger partial charge >= 0.3 is 6.03 Å². The molecule has 1 aromatic heterocycles. The molecule has 0 radical (unpaired) electrons. The van der Waals surface area contributed by atoms with Crippen LogP contribution in [-0.2, 0) is 6.54 Å². The summed E-state index contributed by atoms with van der Waals surface area (Å²) in [6, 6.07) is 4.00. The monoisotopic (exact) mass is 316 g/mol. The van der Waals surface area contributed by atoms with Crippen molar-refractivity contribution in [1.29, 1.82) is 0 Å². The number of piperidine rings is 1. The van der Waals surface area contributed by atoms with E-state index < -0.39 is 0 Å². The number of fused-ring (bicyclic) bond motifs is 1. The van der Waals surface area contributed by atoms with Gasteiger partial charge in [-0.1, -0.05) is 6.07 Å². The van der Waals surface area contributed by atoms with Gasteiger partial charge in [0.25, 0.3) is 0 Å². The topological polar surface area (TPSA) is 81.2 Å². The Morgan fingerprint density at radius 1 is 1.48 bits per heavy atom. The van der Waals surface area contributed by atoms with Crippen LogP contribution >= 0.6 is 0 Å². The number of aliphatic hydroxyl groups is 1. The number of benzene rings is 1. The molecule has 1 aliphatic rings. The minimum absolute atomic E-state index is 0.0866. The summed E-state index contributed by atoms with van der Waals surface area (Å²) in [6.07, 6.45) is 1.93. The average molecular weight is 316 g/mol. The Morgan fingerprint density at radius 2 is 2.30 bits per heavy atom. The number of aromatic amines is 1. The zero-order valence-electron chi connectivity index (χ0n) is 13.7. The fourth-order valence-corrected chi connectivity index (χ4v) is 3.12. The summed E-state index contributed by atoms with van der Waals surface area (Å²) in [4.78, 5) is 21.9. The lowest BCUT2D eigenvalue weighted by molar-refractivity contribution is 0.129. The maximum Gasteiger partial charge on any atom is 0.317 e. The number of hydrogen-bond acceptors (Lipinski definition) is 3. The van der Waals surface area contributed by atoms with Crippen LogP contribution in [0.5, 0.6) is 0 Å². The third-order valence-corrected chi connectivity index (χ3v) is 4.70. The van der Waals surface area contributed by atoms with E-state index in [9.17, 15) is 9.90 Å². The molecular formula is C17H24N4O2. The Hall–Kier alpha value is -2.08. The molecule has 1 aliphatic heterocycles. The van der Waals surface area contributed by atoms with Crippen LogP contribution in [0.25, 0.3) is 11.0 Å². The van der Waals surface area contributed by atoms with E-state index in [-0.39, 0.29) is 18.6 Å². The second-order valence-electron chi connectivity index (χ2n) is 6.38. The lowest BCUT2D eigenvalue weighted by Gasteiger charge is -2.31. The quantitative estimate of drug-likeness (QED) is 0.811. The third-order valence-electron chi connectivity index (χ3n) is 4.70. The summed E-state index contributed by atoms with van der Waals surface area (Å²) in [5.41, 5.74) is 4.34. The van der Waals surface area contributed by atoms with Crippen LogP contribution in [0.3, 0.4) is 0 Å². The molecule has 3 rings (SSSR count). The van der Waals surface area contributed by atoms with E-state index in [1.165, 1.54) is 5.56 Å². The van der Waals surface area contributed by atoms with Gasteiger partial charge in [0.2, 0.25) is 0 Å². The van der Waals surface area contributed by atoms with E-state index in [2.05, 4.69) is 35.2 Å². The standard InChI is InChI=1S/C17H24N4O2/c1-11-5-6-14-16(12(11)2)20-15(19-14)8-18-17(23)21-7-3-4-13(9-21)10-22/h5-6,13,22H,3-4,7-10H2,1-2H3,(H,18,23)(H,19,20)/t13-/m0/s1. The summed E-state index contributed by atoms with van der Waals surface area (Å²) in [5.74, 6) is 0.962. The number of rotatable bonds is 3. The molecule has 2 amide bonds. The van der Waals surface area contributed by atoms with Gasteiger partial charge in [0.05, 0.1) is 17.6 Å². The molecule has 0 bridgehead atoms. The Bertz CT molecular complexity index is 710. The highest BCUT2D eigenvalue weighted by atomic mass is 16.3. The smallest absolute Gasteiger partial charge is 0.317 e. The van der Waals surface area contributed by atoms with Crippen molar-refractivity contribution in [2.75, 3.05) is 19.7 Å². The Balaban J connectivity index is 1.64. The molecule has 3 N–H and O–H groups in total. The van der Waals surface area contributed by atoms with Crippen LogP contribution in [0.2, 0.25) is 0 Å².